The lowest BCUT2D eigenvalue weighted by molar-refractivity contribution is 0.102. The Morgan fingerprint density at radius 3 is 2.19 bits per heavy atom. The lowest BCUT2D eigenvalue weighted by Crippen LogP contribution is -2.12. The summed E-state index contributed by atoms with van der Waals surface area (Å²) < 4.78 is 0. The molecule has 0 aliphatic heterocycles. The lowest BCUT2D eigenvalue weighted by atomic mass is 10.1. The van der Waals surface area contributed by atoms with Gasteiger partial charge in [0.25, 0.3) is 5.91 Å². The molecule has 2 nitrogen and oxygen atoms in total. The standard InChI is InChI=1S/C15H12Cl3NOS/c1-21-8-9-2-4-10(5-3-9)15(20)19-14-12(17)6-11(16)7-13(14)18/h2-7H,8H2,1H3,(H,19,20). The molecule has 2 rings (SSSR count). The van der Waals surface area contributed by atoms with Gasteiger partial charge in [-0.25, -0.2) is 0 Å². The predicted octanol–water partition coefficient (Wildman–Crippen LogP) is 5.76. The molecule has 0 aliphatic rings. The summed E-state index contributed by atoms with van der Waals surface area (Å²) in [4.78, 5) is 12.2. The van der Waals surface area contributed by atoms with Gasteiger partial charge in [0.2, 0.25) is 0 Å². The first kappa shape index (κ1) is 16.5. The van der Waals surface area contributed by atoms with Crippen LogP contribution in [0.3, 0.4) is 0 Å². The molecule has 0 atom stereocenters. The van der Waals surface area contributed by atoms with Crippen LogP contribution in [0.15, 0.2) is 36.4 Å². The molecule has 0 aromatic heterocycles. The first-order valence-corrected chi connectivity index (χ1v) is 8.58. The third-order valence-corrected chi connectivity index (χ3v) is 4.21. The molecule has 6 heteroatoms. The van der Waals surface area contributed by atoms with Crippen LogP contribution in [0.25, 0.3) is 0 Å². The van der Waals surface area contributed by atoms with Crippen LogP contribution < -0.4 is 5.32 Å². The monoisotopic (exact) mass is 359 g/mol. The van der Waals surface area contributed by atoms with Gasteiger partial charge in [-0.05, 0) is 36.1 Å². The van der Waals surface area contributed by atoms with E-state index in [9.17, 15) is 4.79 Å². The number of halogens is 3. The van der Waals surface area contributed by atoms with Gasteiger partial charge in [-0.2, -0.15) is 11.8 Å². The Morgan fingerprint density at radius 1 is 1.10 bits per heavy atom. The molecule has 0 fully saturated rings. The fraction of sp³-hybridized carbons (Fsp3) is 0.133. The molecule has 0 unspecified atom stereocenters. The third kappa shape index (κ3) is 4.30. The predicted molar refractivity (Wildman–Crippen MR) is 93.1 cm³/mol. The quantitative estimate of drug-likeness (QED) is 0.750. The summed E-state index contributed by atoms with van der Waals surface area (Å²) in [6.45, 7) is 0. The van der Waals surface area contributed by atoms with E-state index in [2.05, 4.69) is 5.32 Å². The molecule has 21 heavy (non-hydrogen) atoms. The van der Waals surface area contributed by atoms with Crippen molar-refractivity contribution in [2.45, 2.75) is 5.75 Å². The highest BCUT2D eigenvalue weighted by atomic mass is 35.5. The third-order valence-electron chi connectivity index (χ3n) is 2.77. The second kappa shape index (κ2) is 7.41. The van der Waals surface area contributed by atoms with Gasteiger partial charge in [0.05, 0.1) is 15.7 Å². The minimum absolute atomic E-state index is 0.267. The molecule has 2 aromatic carbocycles. The van der Waals surface area contributed by atoms with Crippen molar-refractivity contribution in [2.24, 2.45) is 0 Å². The van der Waals surface area contributed by atoms with Gasteiger partial charge >= 0.3 is 0 Å². The number of hydrogen-bond acceptors (Lipinski definition) is 2. The topological polar surface area (TPSA) is 29.1 Å². The van der Waals surface area contributed by atoms with E-state index in [1.807, 2.05) is 18.4 Å². The summed E-state index contributed by atoms with van der Waals surface area (Å²) in [5, 5.41) is 3.74. The largest absolute Gasteiger partial charge is 0.319 e. The summed E-state index contributed by atoms with van der Waals surface area (Å²) in [5.41, 5.74) is 2.07. The van der Waals surface area contributed by atoms with E-state index in [4.69, 9.17) is 34.8 Å². The van der Waals surface area contributed by atoms with Crippen LogP contribution in [-0.4, -0.2) is 12.2 Å². The second-order valence-electron chi connectivity index (χ2n) is 4.33. The highest BCUT2D eigenvalue weighted by Gasteiger charge is 2.12. The Labute approximate surface area is 142 Å². The number of thioether (sulfide) groups is 1. The summed E-state index contributed by atoms with van der Waals surface area (Å²) in [7, 11) is 0. The summed E-state index contributed by atoms with van der Waals surface area (Å²) >= 11 is 19.7. The van der Waals surface area contributed by atoms with E-state index in [1.54, 1.807) is 23.9 Å². The summed E-state index contributed by atoms with van der Waals surface area (Å²) in [5.74, 6) is 0.647. The fourth-order valence-electron chi connectivity index (χ4n) is 1.77. The maximum absolute atomic E-state index is 12.2. The molecule has 0 aliphatic carbocycles. The van der Waals surface area contributed by atoms with E-state index >= 15 is 0 Å². The Morgan fingerprint density at radius 2 is 1.67 bits per heavy atom. The smallest absolute Gasteiger partial charge is 0.255 e. The molecule has 0 saturated heterocycles. The van der Waals surface area contributed by atoms with E-state index in [0.29, 0.717) is 26.3 Å². The number of benzene rings is 2. The van der Waals surface area contributed by atoms with Crippen molar-refractivity contribution < 1.29 is 4.79 Å². The highest BCUT2D eigenvalue weighted by molar-refractivity contribution is 7.97. The average Bonchev–Trinajstić information content (AvgIpc) is 2.43. The van der Waals surface area contributed by atoms with Crippen LogP contribution in [0.1, 0.15) is 15.9 Å². The zero-order valence-corrected chi connectivity index (χ0v) is 14.2. The first-order chi connectivity index (χ1) is 10.0. The average molecular weight is 361 g/mol. The van der Waals surface area contributed by atoms with Gasteiger partial charge in [-0.3, -0.25) is 4.79 Å². The molecule has 110 valence electrons. The van der Waals surface area contributed by atoms with Gasteiger partial charge in [-0.1, -0.05) is 46.9 Å². The number of rotatable bonds is 4. The van der Waals surface area contributed by atoms with E-state index in [0.717, 1.165) is 5.75 Å². The van der Waals surface area contributed by atoms with Crippen LogP contribution in [0.4, 0.5) is 5.69 Å². The van der Waals surface area contributed by atoms with Crippen molar-refractivity contribution >= 4 is 58.2 Å². The molecule has 0 saturated carbocycles. The van der Waals surface area contributed by atoms with Crippen LogP contribution in [0, 0.1) is 0 Å². The molecule has 0 heterocycles. The van der Waals surface area contributed by atoms with Gasteiger partial charge < -0.3 is 5.32 Å². The number of amides is 1. The van der Waals surface area contributed by atoms with Gasteiger partial charge in [-0.15, -0.1) is 0 Å². The van der Waals surface area contributed by atoms with E-state index < -0.39 is 0 Å². The maximum atomic E-state index is 12.2. The highest BCUT2D eigenvalue weighted by Crippen LogP contribution is 2.33. The lowest BCUT2D eigenvalue weighted by Gasteiger charge is -2.10. The Kier molecular flexibility index (Phi) is 5.82. The van der Waals surface area contributed by atoms with E-state index in [1.165, 1.54) is 17.7 Å². The minimum Gasteiger partial charge on any atom is -0.319 e. The molecular weight excluding hydrogens is 349 g/mol. The SMILES string of the molecule is CSCc1ccc(C(=O)Nc2c(Cl)cc(Cl)cc2Cl)cc1. The molecule has 0 spiro atoms. The zero-order chi connectivity index (χ0) is 15.4. The Hall–Kier alpha value is -0.870. The van der Waals surface area contributed by atoms with Gasteiger partial charge in [0, 0.05) is 16.3 Å². The van der Waals surface area contributed by atoms with Crippen LogP contribution >= 0.6 is 46.6 Å². The van der Waals surface area contributed by atoms with Crippen molar-refractivity contribution in [3.05, 3.63) is 62.6 Å². The van der Waals surface area contributed by atoms with Crippen LogP contribution in [-0.2, 0) is 5.75 Å². The van der Waals surface area contributed by atoms with Crippen molar-refractivity contribution in [1.29, 1.82) is 0 Å². The number of anilines is 1. The molecule has 2 aromatic rings. The van der Waals surface area contributed by atoms with Gasteiger partial charge in [0.1, 0.15) is 0 Å². The minimum atomic E-state index is -0.267. The zero-order valence-electron chi connectivity index (χ0n) is 11.1. The van der Waals surface area contributed by atoms with Crippen molar-refractivity contribution in [2.75, 3.05) is 11.6 Å². The van der Waals surface area contributed by atoms with Gasteiger partial charge in [0.15, 0.2) is 0 Å². The molecule has 0 bridgehead atoms. The van der Waals surface area contributed by atoms with Crippen molar-refractivity contribution in [3.63, 3.8) is 0 Å². The number of carbonyl (C=O) groups excluding carboxylic acids is 1. The number of carbonyl (C=O) groups is 1. The molecular formula is C15H12Cl3NOS. The summed E-state index contributed by atoms with van der Waals surface area (Å²) in [6, 6.07) is 10.5. The normalized spacial score (nSPS) is 10.5. The van der Waals surface area contributed by atoms with Crippen LogP contribution in [0.2, 0.25) is 15.1 Å². The second-order valence-corrected chi connectivity index (χ2v) is 6.45. The van der Waals surface area contributed by atoms with Crippen LogP contribution in [0.5, 0.6) is 0 Å². The Bertz CT molecular complexity index is 635. The molecule has 0 radical (unpaired) electrons. The maximum Gasteiger partial charge on any atom is 0.255 e. The van der Waals surface area contributed by atoms with E-state index in [-0.39, 0.29) is 5.91 Å². The Balaban J connectivity index is 2.18. The molecule has 1 N–H and O–H groups in total. The summed E-state index contributed by atoms with van der Waals surface area (Å²) in [6.07, 6.45) is 2.03. The van der Waals surface area contributed by atoms with Crippen molar-refractivity contribution in [1.82, 2.24) is 0 Å². The molecule has 1 amide bonds. The van der Waals surface area contributed by atoms with Crippen molar-refractivity contribution in [3.8, 4) is 0 Å². The first-order valence-electron chi connectivity index (χ1n) is 6.05. The number of nitrogens with one attached hydrogen (secondary N) is 1. The number of hydrogen-bond donors (Lipinski definition) is 1. The fourth-order valence-corrected chi connectivity index (χ4v) is 3.20.